The number of hydrogen-bond donors (Lipinski definition) is 1. The van der Waals surface area contributed by atoms with Gasteiger partial charge in [0.05, 0.1) is 13.0 Å². The second kappa shape index (κ2) is 7.63. The van der Waals surface area contributed by atoms with E-state index in [2.05, 4.69) is 19.1 Å². The molecule has 2 atom stereocenters. The van der Waals surface area contributed by atoms with Crippen molar-refractivity contribution >= 4 is 29.1 Å². The van der Waals surface area contributed by atoms with Crippen LogP contribution in [0.5, 0.6) is 5.75 Å². The van der Waals surface area contributed by atoms with Gasteiger partial charge < -0.3 is 15.4 Å². The molecule has 0 radical (unpaired) electrons. The zero-order valence-electron chi connectivity index (χ0n) is 15.1. The summed E-state index contributed by atoms with van der Waals surface area (Å²) in [6.45, 7) is 6.35. The van der Waals surface area contributed by atoms with E-state index < -0.39 is 0 Å². The van der Waals surface area contributed by atoms with Gasteiger partial charge in [0.25, 0.3) is 0 Å². The van der Waals surface area contributed by atoms with Crippen LogP contribution < -0.4 is 10.5 Å². The fraction of sp³-hybridized carbons (Fsp3) is 0.450. The van der Waals surface area contributed by atoms with Gasteiger partial charge in [-0.3, -0.25) is 4.79 Å². The minimum atomic E-state index is -0.142. The van der Waals surface area contributed by atoms with Gasteiger partial charge >= 0.3 is 0 Å². The molecule has 5 heteroatoms. The highest BCUT2D eigenvalue weighted by Crippen LogP contribution is 2.32. The zero-order valence-corrected chi connectivity index (χ0v) is 15.9. The molecule has 2 aromatic carbocycles. The van der Waals surface area contributed by atoms with E-state index in [0.29, 0.717) is 6.54 Å². The van der Waals surface area contributed by atoms with Crippen LogP contribution in [-0.4, -0.2) is 37.6 Å². The number of halogens is 1. The van der Waals surface area contributed by atoms with Crippen molar-refractivity contribution < 1.29 is 9.53 Å². The summed E-state index contributed by atoms with van der Waals surface area (Å²) in [7, 11) is 1.67. The maximum Gasteiger partial charge on any atom is 0.229 e. The minimum Gasteiger partial charge on any atom is -0.497 e. The number of carbonyl (C=O) groups is 1. The normalized spacial score (nSPS) is 21.0. The van der Waals surface area contributed by atoms with Crippen LogP contribution in [0.1, 0.15) is 31.7 Å². The van der Waals surface area contributed by atoms with E-state index in [0.717, 1.165) is 41.6 Å². The molecule has 25 heavy (non-hydrogen) atoms. The Hall–Kier alpha value is -1.78. The van der Waals surface area contributed by atoms with Crippen LogP contribution in [0.3, 0.4) is 0 Å². The molecule has 0 bridgehead atoms. The van der Waals surface area contributed by atoms with E-state index in [1.54, 1.807) is 7.11 Å². The second-order valence-corrected chi connectivity index (χ2v) is 7.22. The van der Waals surface area contributed by atoms with Gasteiger partial charge in [-0.25, -0.2) is 0 Å². The maximum atomic E-state index is 12.9. The first kappa shape index (κ1) is 19.5. The molecule has 2 aromatic rings. The number of nitrogens with zero attached hydrogens (tertiary/aromatic N) is 1. The number of hydrogen-bond acceptors (Lipinski definition) is 3. The van der Waals surface area contributed by atoms with Crippen LogP contribution >= 0.6 is 12.4 Å². The van der Waals surface area contributed by atoms with Crippen molar-refractivity contribution in [3.8, 4) is 5.75 Å². The third-order valence-corrected chi connectivity index (χ3v) is 5.30. The summed E-state index contributed by atoms with van der Waals surface area (Å²) in [4.78, 5) is 14.8. The first-order chi connectivity index (χ1) is 11.5. The molecular formula is C20H27ClN2O2. The van der Waals surface area contributed by atoms with Crippen LogP contribution in [-0.2, 0) is 4.79 Å². The summed E-state index contributed by atoms with van der Waals surface area (Å²) >= 11 is 0. The average Bonchev–Trinajstić information content (AvgIpc) is 3.02. The minimum absolute atomic E-state index is 0. The Morgan fingerprint density at radius 3 is 2.60 bits per heavy atom. The summed E-state index contributed by atoms with van der Waals surface area (Å²) in [6, 6.07) is 12.2. The molecule has 4 nitrogen and oxygen atoms in total. The van der Waals surface area contributed by atoms with Crippen molar-refractivity contribution in [2.45, 2.75) is 26.2 Å². The van der Waals surface area contributed by atoms with Crippen molar-refractivity contribution in [1.82, 2.24) is 4.90 Å². The van der Waals surface area contributed by atoms with Crippen LogP contribution in [0.15, 0.2) is 36.4 Å². The lowest BCUT2D eigenvalue weighted by atomic mass is 9.90. The molecule has 136 valence electrons. The molecule has 1 aliphatic heterocycles. The molecule has 1 fully saturated rings. The number of fused-ring (bicyclic) bond motifs is 1. The first-order valence-electron chi connectivity index (χ1n) is 8.52. The lowest BCUT2D eigenvalue weighted by molar-refractivity contribution is -0.131. The van der Waals surface area contributed by atoms with Gasteiger partial charge in [-0.1, -0.05) is 31.2 Å². The number of likely N-dealkylation sites (tertiary alicyclic amines) is 1. The number of methoxy groups -OCH3 is 1. The fourth-order valence-corrected chi connectivity index (χ4v) is 3.43. The SMILES string of the molecule is COc1ccc2cc(C(C)C(=O)N3CCC(C)(CN)C3)ccc2c1.Cl. The lowest BCUT2D eigenvalue weighted by Crippen LogP contribution is -2.36. The Morgan fingerprint density at radius 1 is 1.28 bits per heavy atom. The van der Waals surface area contributed by atoms with Crippen LogP contribution in [0.25, 0.3) is 10.8 Å². The maximum absolute atomic E-state index is 12.9. The fourth-order valence-electron chi connectivity index (χ4n) is 3.43. The van der Waals surface area contributed by atoms with E-state index in [1.165, 1.54) is 0 Å². The van der Waals surface area contributed by atoms with Gasteiger partial charge in [0, 0.05) is 13.1 Å². The monoisotopic (exact) mass is 362 g/mol. The molecule has 1 heterocycles. The molecule has 2 N–H and O–H groups in total. The number of ether oxygens (including phenoxy) is 1. The molecule has 3 rings (SSSR count). The van der Waals surface area contributed by atoms with Crippen molar-refractivity contribution in [2.75, 3.05) is 26.7 Å². The van der Waals surface area contributed by atoms with Gasteiger partial charge in [-0.2, -0.15) is 0 Å². The summed E-state index contributed by atoms with van der Waals surface area (Å²) in [5.74, 6) is 0.897. The van der Waals surface area contributed by atoms with E-state index in [4.69, 9.17) is 10.5 Å². The number of nitrogens with two attached hydrogens (primary N) is 1. The number of carbonyl (C=O) groups excluding carboxylic acids is 1. The van der Waals surface area contributed by atoms with E-state index in [9.17, 15) is 4.79 Å². The van der Waals surface area contributed by atoms with Crippen molar-refractivity contribution in [2.24, 2.45) is 11.1 Å². The smallest absolute Gasteiger partial charge is 0.229 e. The Morgan fingerprint density at radius 2 is 1.96 bits per heavy atom. The standard InChI is InChI=1S/C20H26N2O2.ClH/c1-14(19(23)22-9-8-20(2,12-21)13-22)15-4-5-17-11-18(24-3)7-6-16(17)10-15;/h4-7,10-11,14H,8-9,12-13,21H2,1-3H3;1H. The van der Waals surface area contributed by atoms with Crippen molar-refractivity contribution in [3.63, 3.8) is 0 Å². The van der Waals surface area contributed by atoms with Crippen molar-refractivity contribution in [1.29, 1.82) is 0 Å². The van der Waals surface area contributed by atoms with Crippen LogP contribution in [0.4, 0.5) is 0 Å². The Balaban J connectivity index is 0.00000225. The molecule has 0 aromatic heterocycles. The molecule has 2 unspecified atom stereocenters. The zero-order chi connectivity index (χ0) is 17.3. The average molecular weight is 363 g/mol. The van der Waals surface area contributed by atoms with Gasteiger partial charge in [0.1, 0.15) is 5.75 Å². The predicted molar refractivity (Wildman–Crippen MR) is 105 cm³/mol. The molecule has 1 amide bonds. The Bertz CT molecular complexity index is 764. The highest BCUT2D eigenvalue weighted by Gasteiger charge is 2.36. The number of amides is 1. The van der Waals surface area contributed by atoms with Crippen LogP contribution in [0, 0.1) is 5.41 Å². The summed E-state index contributed by atoms with van der Waals surface area (Å²) in [5.41, 5.74) is 6.97. The van der Waals surface area contributed by atoms with Crippen molar-refractivity contribution in [3.05, 3.63) is 42.0 Å². The number of rotatable bonds is 4. The molecular weight excluding hydrogens is 336 g/mol. The molecule has 0 aliphatic carbocycles. The second-order valence-electron chi connectivity index (χ2n) is 7.22. The summed E-state index contributed by atoms with van der Waals surface area (Å²) in [6.07, 6.45) is 0.986. The first-order valence-corrected chi connectivity index (χ1v) is 8.52. The molecule has 0 spiro atoms. The Labute approximate surface area is 155 Å². The highest BCUT2D eigenvalue weighted by atomic mass is 35.5. The van der Waals surface area contributed by atoms with Crippen LogP contribution in [0.2, 0.25) is 0 Å². The van der Waals surface area contributed by atoms with Gasteiger partial charge in [-0.05, 0) is 53.8 Å². The largest absolute Gasteiger partial charge is 0.497 e. The Kier molecular flexibility index (Phi) is 5.96. The third kappa shape index (κ3) is 3.91. The van der Waals surface area contributed by atoms with Gasteiger partial charge in [0.15, 0.2) is 0 Å². The quantitative estimate of drug-likeness (QED) is 0.904. The highest BCUT2D eigenvalue weighted by molar-refractivity contribution is 5.88. The van der Waals surface area contributed by atoms with E-state index in [-0.39, 0.29) is 29.6 Å². The van der Waals surface area contributed by atoms with E-state index >= 15 is 0 Å². The molecule has 1 aliphatic rings. The van der Waals surface area contributed by atoms with E-state index in [1.807, 2.05) is 36.1 Å². The predicted octanol–water partition coefficient (Wildman–Crippen LogP) is 3.57. The molecule has 0 saturated carbocycles. The van der Waals surface area contributed by atoms with Gasteiger partial charge in [-0.15, -0.1) is 12.4 Å². The topological polar surface area (TPSA) is 55.6 Å². The third-order valence-electron chi connectivity index (χ3n) is 5.30. The molecule has 1 saturated heterocycles. The summed E-state index contributed by atoms with van der Waals surface area (Å²) < 4.78 is 5.26. The number of benzene rings is 2. The summed E-state index contributed by atoms with van der Waals surface area (Å²) in [5, 5.41) is 2.25. The lowest BCUT2D eigenvalue weighted by Gasteiger charge is -2.25. The van der Waals surface area contributed by atoms with Gasteiger partial charge in [0.2, 0.25) is 5.91 Å².